The van der Waals surface area contributed by atoms with Crippen LogP contribution in [-0.4, -0.2) is 22.4 Å². The van der Waals surface area contributed by atoms with Gasteiger partial charge in [0, 0.05) is 39.7 Å². The molecule has 0 saturated heterocycles. The van der Waals surface area contributed by atoms with Crippen molar-refractivity contribution < 1.29 is 14.0 Å². The smallest absolute Gasteiger partial charge is 0.170 e. The highest BCUT2D eigenvalue weighted by Crippen LogP contribution is 2.27. The lowest BCUT2D eigenvalue weighted by Crippen LogP contribution is -2.17. The van der Waals surface area contributed by atoms with Crippen molar-refractivity contribution >= 4 is 23.3 Å². The summed E-state index contributed by atoms with van der Waals surface area (Å²) in [5.41, 5.74) is 9.83. The predicted molar refractivity (Wildman–Crippen MR) is 113 cm³/mol. The Bertz CT molecular complexity index is 1070. The first-order chi connectivity index (χ1) is 14.6. The van der Waals surface area contributed by atoms with Crippen molar-refractivity contribution in [1.82, 2.24) is 4.98 Å². The predicted octanol–water partition coefficient (Wildman–Crippen LogP) is 5.82. The second-order valence-electron chi connectivity index (χ2n) is 6.36. The lowest BCUT2D eigenvalue weighted by molar-refractivity contribution is 0.0893. The Balaban J connectivity index is 1.80. The van der Waals surface area contributed by atoms with Gasteiger partial charge in [-0.2, -0.15) is 0 Å². The zero-order valence-corrected chi connectivity index (χ0v) is 16.6. The van der Waals surface area contributed by atoms with Crippen molar-refractivity contribution in [3.05, 3.63) is 106 Å². The lowest BCUT2D eigenvalue weighted by atomic mass is 9.86. The van der Waals surface area contributed by atoms with Gasteiger partial charge in [0.05, 0.1) is 11.8 Å². The molecule has 150 valence electrons. The van der Waals surface area contributed by atoms with Gasteiger partial charge in [-0.3, -0.25) is 14.6 Å². The zero-order chi connectivity index (χ0) is 21.3. The molecule has 8 heteroatoms. The topological polar surface area (TPSA) is 95.8 Å². The fourth-order valence-electron chi connectivity index (χ4n) is 2.94. The monoisotopic (exact) mass is 420 g/mol. The van der Waals surface area contributed by atoms with Crippen LogP contribution in [0.5, 0.6) is 0 Å². The fourth-order valence-corrected chi connectivity index (χ4v) is 3.53. The number of Topliss-reactive ketones (excluding diaryl/α,β-unsaturated/α-hetero) is 2. The minimum Gasteiger partial charge on any atom is -0.294 e. The summed E-state index contributed by atoms with van der Waals surface area (Å²) in [6.45, 7) is 0. The maximum Gasteiger partial charge on any atom is 0.170 e. The average molecular weight is 420 g/mol. The normalized spacial score (nSPS) is 11.4. The molecule has 0 bridgehead atoms. The summed E-state index contributed by atoms with van der Waals surface area (Å²) in [7, 11) is 0. The van der Waals surface area contributed by atoms with Crippen LogP contribution in [0.2, 0.25) is 0 Å². The number of halogens is 1. The molecule has 3 rings (SSSR count). The van der Waals surface area contributed by atoms with Crippen LogP contribution in [0.1, 0.15) is 38.6 Å². The second kappa shape index (κ2) is 10.3. The summed E-state index contributed by atoms with van der Waals surface area (Å²) in [5.74, 6) is -1.30. The number of pyridine rings is 1. The highest BCUT2D eigenvalue weighted by Gasteiger charge is 2.25. The molecule has 0 aliphatic heterocycles. The Morgan fingerprint density at radius 3 is 2.27 bits per heavy atom. The Morgan fingerprint density at radius 2 is 1.63 bits per heavy atom. The van der Waals surface area contributed by atoms with Crippen molar-refractivity contribution in [2.75, 3.05) is 5.88 Å². The molecule has 0 amide bonds. The minimum absolute atomic E-state index is 0.0224. The van der Waals surface area contributed by atoms with Crippen LogP contribution in [0, 0.1) is 5.82 Å². The molecule has 1 aromatic heterocycles. The van der Waals surface area contributed by atoms with E-state index >= 15 is 0 Å². The minimum atomic E-state index is -0.704. The molecule has 30 heavy (non-hydrogen) atoms. The molecule has 1 unspecified atom stereocenters. The molecule has 2 aromatic carbocycles. The molecule has 0 radical (unpaired) electrons. The lowest BCUT2D eigenvalue weighted by Gasteiger charge is -2.16. The largest absolute Gasteiger partial charge is 0.294 e. The van der Waals surface area contributed by atoms with Crippen LogP contribution >= 0.6 is 11.8 Å². The van der Waals surface area contributed by atoms with Gasteiger partial charge in [0.1, 0.15) is 5.82 Å². The molecule has 6 nitrogen and oxygen atoms in total. The van der Waals surface area contributed by atoms with Crippen LogP contribution in [0.15, 0.2) is 83.1 Å². The number of rotatable bonds is 9. The summed E-state index contributed by atoms with van der Waals surface area (Å²) in [4.78, 5) is 33.5. The molecule has 0 aliphatic rings. The third-order valence-electron chi connectivity index (χ3n) is 4.47. The highest BCUT2D eigenvalue weighted by molar-refractivity contribution is 7.99. The quantitative estimate of drug-likeness (QED) is 0.143. The molecular weight excluding hydrogens is 403 g/mol. The molecule has 1 atom stereocenters. The van der Waals surface area contributed by atoms with E-state index in [1.54, 1.807) is 48.8 Å². The van der Waals surface area contributed by atoms with Crippen molar-refractivity contribution in [2.24, 2.45) is 5.11 Å². The Hall–Kier alpha value is -3.48. The fraction of sp³-hybridized carbons (Fsp3) is 0.136. The molecule has 3 aromatic rings. The van der Waals surface area contributed by atoms with E-state index in [1.807, 2.05) is 0 Å². The van der Waals surface area contributed by atoms with Crippen molar-refractivity contribution in [2.45, 2.75) is 17.2 Å². The summed E-state index contributed by atoms with van der Waals surface area (Å²) in [6, 6.07) is 15.6. The highest BCUT2D eigenvalue weighted by atomic mass is 32.2. The van der Waals surface area contributed by atoms with E-state index in [9.17, 15) is 14.0 Å². The van der Waals surface area contributed by atoms with Gasteiger partial charge in [0.2, 0.25) is 0 Å². The summed E-state index contributed by atoms with van der Waals surface area (Å²) in [5, 5.41) is 3.46. The van der Waals surface area contributed by atoms with E-state index in [0.29, 0.717) is 16.7 Å². The molecule has 0 fully saturated rings. The molecule has 0 aliphatic carbocycles. The van der Waals surface area contributed by atoms with Gasteiger partial charge < -0.3 is 0 Å². The number of hydrogen-bond donors (Lipinski definition) is 0. The van der Waals surface area contributed by atoms with Gasteiger partial charge in [-0.05, 0) is 59.6 Å². The van der Waals surface area contributed by atoms with Gasteiger partial charge in [0.15, 0.2) is 11.6 Å². The first kappa shape index (κ1) is 21.2. The van der Waals surface area contributed by atoms with Gasteiger partial charge >= 0.3 is 0 Å². The molecule has 0 saturated carbocycles. The van der Waals surface area contributed by atoms with Crippen molar-refractivity contribution in [1.29, 1.82) is 0 Å². The van der Waals surface area contributed by atoms with Crippen LogP contribution in [0.25, 0.3) is 10.4 Å². The van der Waals surface area contributed by atoms with E-state index in [1.165, 1.54) is 36.0 Å². The maximum absolute atomic E-state index is 13.2. The van der Waals surface area contributed by atoms with E-state index in [2.05, 4.69) is 15.0 Å². The van der Waals surface area contributed by atoms with E-state index in [4.69, 9.17) is 5.53 Å². The number of hydrogen-bond acceptors (Lipinski definition) is 5. The standard InChI is InChI=1S/C22H17FN4O2S/c23-18-5-1-17(2-6-18)22(29)20(15-9-11-25-12-10-15)13-21(28)16-3-7-19(8-4-16)30-14-26-27-24/h1-12,20H,13-14H2. The Kier molecular flexibility index (Phi) is 7.32. The third-order valence-corrected chi connectivity index (χ3v) is 5.32. The van der Waals surface area contributed by atoms with E-state index < -0.39 is 11.7 Å². The molecule has 0 N–H and O–H groups in total. The Morgan fingerprint density at radius 1 is 1.00 bits per heavy atom. The summed E-state index contributed by atoms with van der Waals surface area (Å²) >= 11 is 1.36. The van der Waals surface area contributed by atoms with Crippen LogP contribution in [0.3, 0.4) is 0 Å². The number of aromatic nitrogens is 1. The summed E-state index contributed by atoms with van der Waals surface area (Å²) < 4.78 is 13.2. The first-order valence-corrected chi connectivity index (χ1v) is 10.0. The van der Waals surface area contributed by atoms with Crippen LogP contribution in [0.4, 0.5) is 4.39 Å². The Labute approximate surface area is 176 Å². The first-order valence-electron chi connectivity index (χ1n) is 9.05. The van der Waals surface area contributed by atoms with Gasteiger partial charge in [-0.25, -0.2) is 4.39 Å². The number of benzene rings is 2. The molecular formula is C22H17FN4O2S. The molecule has 1 heterocycles. The summed E-state index contributed by atoms with van der Waals surface area (Å²) in [6.07, 6.45) is 3.12. The van der Waals surface area contributed by atoms with Gasteiger partial charge in [-0.15, -0.1) is 11.8 Å². The van der Waals surface area contributed by atoms with Gasteiger partial charge in [-0.1, -0.05) is 17.2 Å². The molecule has 0 spiro atoms. The van der Waals surface area contributed by atoms with Crippen LogP contribution < -0.4 is 0 Å². The number of nitrogens with zero attached hydrogens (tertiary/aromatic N) is 4. The number of carbonyl (C=O) groups is 2. The zero-order valence-electron chi connectivity index (χ0n) is 15.8. The number of carbonyl (C=O) groups excluding carboxylic acids is 2. The second-order valence-corrected chi connectivity index (χ2v) is 7.38. The van der Waals surface area contributed by atoms with Gasteiger partial charge in [0.25, 0.3) is 0 Å². The van der Waals surface area contributed by atoms with E-state index in [-0.39, 0.29) is 23.9 Å². The van der Waals surface area contributed by atoms with Crippen LogP contribution in [-0.2, 0) is 0 Å². The number of thioether (sulfide) groups is 1. The van der Waals surface area contributed by atoms with E-state index in [0.717, 1.165) is 4.90 Å². The SMILES string of the molecule is [N-]=[N+]=NCSc1ccc(C(=O)CC(C(=O)c2ccc(F)cc2)c2ccncc2)cc1. The van der Waals surface area contributed by atoms with Crippen molar-refractivity contribution in [3.8, 4) is 0 Å². The average Bonchev–Trinajstić information content (AvgIpc) is 2.78. The number of ketones is 2. The van der Waals surface area contributed by atoms with Crippen molar-refractivity contribution in [3.63, 3.8) is 0 Å². The number of azide groups is 1. The third kappa shape index (κ3) is 5.53. The maximum atomic E-state index is 13.2.